The lowest BCUT2D eigenvalue weighted by Gasteiger charge is -2.39. The van der Waals surface area contributed by atoms with Crippen LogP contribution in [0.5, 0.6) is 0 Å². The lowest BCUT2D eigenvalue weighted by molar-refractivity contribution is -0.124. The van der Waals surface area contributed by atoms with Crippen molar-refractivity contribution in [2.75, 3.05) is 26.4 Å². The molecule has 7 nitrogen and oxygen atoms in total. The minimum Gasteiger partial charge on any atom is -0.381 e. The minimum atomic E-state index is -0.0377. The molecule has 2 aliphatic heterocycles. The molecule has 7 heteroatoms. The number of amides is 1. The van der Waals surface area contributed by atoms with Crippen molar-refractivity contribution in [3.63, 3.8) is 0 Å². The van der Waals surface area contributed by atoms with Crippen molar-refractivity contribution in [3.05, 3.63) is 24.3 Å². The Kier molecular flexibility index (Phi) is 4.94. The molecule has 0 spiro atoms. The van der Waals surface area contributed by atoms with E-state index in [1.54, 1.807) is 0 Å². The highest BCUT2D eigenvalue weighted by atomic mass is 16.5. The molecule has 25 heavy (non-hydrogen) atoms. The number of nitrogens with one attached hydrogen (secondary N) is 1. The predicted molar refractivity (Wildman–Crippen MR) is 91.9 cm³/mol. The summed E-state index contributed by atoms with van der Waals surface area (Å²) < 4.78 is 11.1. The third-order valence-corrected chi connectivity index (χ3v) is 5.23. The van der Waals surface area contributed by atoms with E-state index in [0.29, 0.717) is 18.4 Å². The first kappa shape index (κ1) is 16.5. The van der Waals surface area contributed by atoms with Gasteiger partial charge in [-0.1, -0.05) is 12.1 Å². The molecule has 0 unspecified atom stereocenters. The minimum absolute atomic E-state index is 0.0377. The highest BCUT2D eigenvalue weighted by molar-refractivity contribution is 5.77. The number of carbonyl (C=O) groups is 1. The molecule has 1 amide bonds. The average molecular weight is 344 g/mol. The molecule has 134 valence electrons. The van der Waals surface area contributed by atoms with Gasteiger partial charge in [0.25, 0.3) is 0 Å². The van der Waals surface area contributed by atoms with Gasteiger partial charge in [-0.15, -0.1) is 0 Å². The molecule has 2 aromatic rings. The topological polar surface area (TPSA) is 78.3 Å². The maximum Gasteiger partial charge on any atom is 0.243 e. The summed E-state index contributed by atoms with van der Waals surface area (Å²) in [4.78, 5) is 14.0. The molecule has 3 heterocycles. The Balaban J connectivity index is 1.39. The van der Waals surface area contributed by atoms with E-state index in [4.69, 9.17) is 9.47 Å². The Morgan fingerprint density at radius 1 is 1.08 bits per heavy atom. The summed E-state index contributed by atoms with van der Waals surface area (Å²) in [6.07, 6.45) is 2.96. The Labute approximate surface area is 146 Å². The number of hydrogen-bond acceptors (Lipinski definition) is 5. The Hall–Kier alpha value is -1.99. The first-order valence-corrected chi connectivity index (χ1v) is 9.04. The maximum atomic E-state index is 12.5. The fourth-order valence-corrected chi connectivity index (χ4v) is 3.90. The Morgan fingerprint density at radius 3 is 2.48 bits per heavy atom. The second-order valence-electron chi connectivity index (χ2n) is 6.87. The summed E-state index contributed by atoms with van der Waals surface area (Å²) in [6.45, 7) is 3.19. The van der Waals surface area contributed by atoms with Gasteiger partial charge in [-0.2, -0.15) is 15.0 Å². The summed E-state index contributed by atoms with van der Waals surface area (Å²) in [5.41, 5.74) is 1.61. The molecule has 4 rings (SSSR count). The van der Waals surface area contributed by atoms with Crippen molar-refractivity contribution in [1.82, 2.24) is 20.3 Å². The van der Waals surface area contributed by atoms with Gasteiger partial charge >= 0.3 is 0 Å². The second kappa shape index (κ2) is 7.49. The van der Waals surface area contributed by atoms with E-state index >= 15 is 0 Å². The van der Waals surface area contributed by atoms with E-state index in [9.17, 15) is 4.79 Å². The third-order valence-electron chi connectivity index (χ3n) is 5.23. The van der Waals surface area contributed by atoms with Gasteiger partial charge in [0.15, 0.2) is 0 Å². The number of ether oxygens (including phenoxy) is 2. The molecule has 0 bridgehead atoms. The van der Waals surface area contributed by atoms with E-state index in [0.717, 1.165) is 50.1 Å². The zero-order chi connectivity index (χ0) is 17.1. The van der Waals surface area contributed by atoms with Crippen molar-refractivity contribution in [2.24, 2.45) is 11.8 Å². The first-order chi connectivity index (χ1) is 12.3. The number of hydrogen-bond donors (Lipinski definition) is 1. The van der Waals surface area contributed by atoms with Crippen LogP contribution in [0.1, 0.15) is 19.3 Å². The van der Waals surface area contributed by atoms with Crippen LogP contribution in [-0.4, -0.2) is 53.4 Å². The fourth-order valence-electron chi connectivity index (χ4n) is 3.90. The third kappa shape index (κ3) is 3.82. The van der Waals surface area contributed by atoms with Crippen LogP contribution in [0, 0.1) is 11.8 Å². The van der Waals surface area contributed by atoms with Gasteiger partial charge in [0, 0.05) is 31.8 Å². The molecule has 2 fully saturated rings. The zero-order valence-corrected chi connectivity index (χ0v) is 14.3. The molecule has 2 atom stereocenters. The molecule has 1 aromatic heterocycles. The lowest BCUT2D eigenvalue weighted by Crippen LogP contribution is -2.49. The van der Waals surface area contributed by atoms with Crippen LogP contribution in [0.15, 0.2) is 24.3 Å². The molecule has 2 aliphatic rings. The molecule has 1 aromatic carbocycles. The molecule has 0 radical (unpaired) electrons. The number of carbonyl (C=O) groups excluding carboxylic acids is 1. The summed E-state index contributed by atoms with van der Waals surface area (Å²) in [7, 11) is 0. The van der Waals surface area contributed by atoms with Gasteiger partial charge < -0.3 is 14.8 Å². The first-order valence-electron chi connectivity index (χ1n) is 9.04. The normalized spacial score (nSPS) is 25.1. The van der Waals surface area contributed by atoms with Crippen LogP contribution in [0.4, 0.5) is 0 Å². The van der Waals surface area contributed by atoms with E-state index < -0.39 is 0 Å². The molecule has 0 saturated carbocycles. The lowest BCUT2D eigenvalue weighted by atomic mass is 9.79. The van der Waals surface area contributed by atoms with E-state index in [-0.39, 0.29) is 18.5 Å². The quantitative estimate of drug-likeness (QED) is 0.907. The molecular formula is C18H24N4O3. The van der Waals surface area contributed by atoms with Gasteiger partial charge in [0.2, 0.25) is 5.91 Å². The summed E-state index contributed by atoms with van der Waals surface area (Å²) in [6, 6.07) is 7.80. The largest absolute Gasteiger partial charge is 0.381 e. The molecular weight excluding hydrogens is 320 g/mol. The number of rotatable bonds is 4. The van der Waals surface area contributed by atoms with Crippen molar-refractivity contribution in [2.45, 2.75) is 31.8 Å². The van der Waals surface area contributed by atoms with E-state index in [1.165, 1.54) is 4.80 Å². The van der Waals surface area contributed by atoms with Crippen LogP contribution < -0.4 is 5.32 Å². The Morgan fingerprint density at radius 2 is 1.76 bits per heavy atom. The van der Waals surface area contributed by atoms with Crippen LogP contribution in [0.3, 0.4) is 0 Å². The van der Waals surface area contributed by atoms with Crippen molar-refractivity contribution in [1.29, 1.82) is 0 Å². The SMILES string of the molecule is O=C(Cn1nc2ccccc2n1)N[C@H]1CCOC[C@H]1C1CCOCC1. The number of benzene rings is 1. The number of aromatic nitrogens is 3. The summed E-state index contributed by atoms with van der Waals surface area (Å²) in [5, 5.41) is 11.9. The van der Waals surface area contributed by atoms with Crippen LogP contribution >= 0.6 is 0 Å². The van der Waals surface area contributed by atoms with E-state index in [1.807, 2.05) is 24.3 Å². The van der Waals surface area contributed by atoms with Crippen LogP contribution in [0.2, 0.25) is 0 Å². The zero-order valence-electron chi connectivity index (χ0n) is 14.3. The van der Waals surface area contributed by atoms with Crippen LogP contribution in [-0.2, 0) is 20.8 Å². The highest BCUT2D eigenvalue weighted by Crippen LogP contribution is 2.30. The maximum absolute atomic E-state index is 12.5. The van der Waals surface area contributed by atoms with Crippen molar-refractivity contribution in [3.8, 4) is 0 Å². The monoisotopic (exact) mass is 344 g/mol. The molecule has 0 aliphatic carbocycles. The second-order valence-corrected chi connectivity index (χ2v) is 6.87. The highest BCUT2D eigenvalue weighted by Gasteiger charge is 2.34. The van der Waals surface area contributed by atoms with Gasteiger partial charge in [-0.25, -0.2) is 0 Å². The predicted octanol–water partition coefficient (Wildman–Crippen LogP) is 1.38. The average Bonchev–Trinajstić information content (AvgIpc) is 3.05. The number of nitrogens with zero attached hydrogens (tertiary/aromatic N) is 3. The summed E-state index contributed by atoms with van der Waals surface area (Å²) >= 11 is 0. The fraction of sp³-hybridized carbons (Fsp3) is 0.611. The summed E-state index contributed by atoms with van der Waals surface area (Å²) in [5.74, 6) is 0.889. The van der Waals surface area contributed by atoms with Gasteiger partial charge in [0.1, 0.15) is 17.6 Å². The molecule has 1 N–H and O–H groups in total. The van der Waals surface area contributed by atoms with E-state index in [2.05, 4.69) is 15.5 Å². The number of fused-ring (bicyclic) bond motifs is 1. The standard InChI is InChI=1S/C18H24N4O3/c23-18(11-22-20-16-3-1-2-4-17(16)21-22)19-15-7-10-25-12-14(15)13-5-8-24-9-6-13/h1-4,13-15H,5-12H2,(H,19,23)/t14-,15-/m0/s1. The van der Waals surface area contributed by atoms with Gasteiger partial charge in [-0.05, 0) is 37.3 Å². The molecule has 2 saturated heterocycles. The van der Waals surface area contributed by atoms with Crippen molar-refractivity contribution < 1.29 is 14.3 Å². The van der Waals surface area contributed by atoms with Crippen LogP contribution in [0.25, 0.3) is 11.0 Å². The Bertz CT molecular complexity index is 693. The van der Waals surface area contributed by atoms with Gasteiger partial charge in [0.05, 0.1) is 6.61 Å². The van der Waals surface area contributed by atoms with Gasteiger partial charge in [-0.3, -0.25) is 4.79 Å². The smallest absolute Gasteiger partial charge is 0.243 e. The van der Waals surface area contributed by atoms with Crippen molar-refractivity contribution >= 4 is 16.9 Å².